The van der Waals surface area contributed by atoms with Crippen LogP contribution < -0.4 is 16.2 Å². The molecule has 5 aromatic rings. The van der Waals surface area contributed by atoms with E-state index in [1.807, 2.05) is 94.5 Å². The summed E-state index contributed by atoms with van der Waals surface area (Å²) in [6, 6.07) is 26.6. The highest BCUT2D eigenvalue weighted by molar-refractivity contribution is 5.98. The summed E-state index contributed by atoms with van der Waals surface area (Å²) in [5.74, 6) is 1.80. The second-order valence-electron chi connectivity index (χ2n) is 10.1. The molecule has 9 heteroatoms. The first-order valence-corrected chi connectivity index (χ1v) is 13.5. The molecule has 1 amide bonds. The zero-order chi connectivity index (χ0) is 27.5. The van der Waals surface area contributed by atoms with Crippen LogP contribution in [-0.2, 0) is 11.2 Å². The van der Waals surface area contributed by atoms with E-state index in [-0.39, 0.29) is 11.9 Å². The van der Waals surface area contributed by atoms with Crippen LogP contribution in [0.3, 0.4) is 0 Å². The number of piperidine rings is 1. The van der Waals surface area contributed by atoms with Gasteiger partial charge in [-0.2, -0.15) is 5.10 Å². The Morgan fingerprint density at radius 1 is 0.950 bits per heavy atom. The van der Waals surface area contributed by atoms with Crippen LogP contribution in [0.4, 0.5) is 5.82 Å². The van der Waals surface area contributed by atoms with Crippen LogP contribution in [0.15, 0.2) is 91.3 Å². The molecule has 3 heterocycles. The minimum Gasteiger partial charge on any atom is -0.457 e. The fourth-order valence-electron chi connectivity index (χ4n) is 5.30. The predicted molar refractivity (Wildman–Crippen MR) is 155 cm³/mol. The van der Waals surface area contributed by atoms with E-state index in [4.69, 9.17) is 21.3 Å². The van der Waals surface area contributed by atoms with Crippen LogP contribution >= 0.6 is 0 Å². The minimum atomic E-state index is -0.597. The number of fused-ring (bicyclic) bond motifs is 1. The summed E-state index contributed by atoms with van der Waals surface area (Å²) < 4.78 is 7.85. The highest BCUT2D eigenvalue weighted by atomic mass is 16.5. The number of rotatable bonds is 7. The number of anilines is 1. The van der Waals surface area contributed by atoms with Gasteiger partial charge in [-0.3, -0.25) is 4.79 Å². The maximum atomic E-state index is 13.3. The Hall–Kier alpha value is -4.76. The number of benzene rings is 3. The number of hydrogen-bond donors (Lipinski definition) is 2. The third kappa shape index (κ3) is 5.23. The monoisotopic (exact) mass is 533 g/mol. The first-order chi connectivity index (χ1) is 19.6. The predicted octanol–water partition coefficient (Wildman–Crippen LogP) is 4.60. The van der Waals surface area contributed by atoms with Gasteiger partial charge in [-0.25, -0.2) is 14.6 Å². The van der Waals surface area contributed by atoms with Crippen molar-refractivity contribution in [3.05, 3.63) is 96.8 Å². The number of amides is 1. The topological polar surface area (TPSA) is 125 Å². The molecule has 202 valence electrons. The number of carbonyl (C=O) groups is 1. The molecule has 0 bridgehead atoms. The average Bonchev–Trinajstić information content (AvgIpc) is 3.39. The first kappa shape index (κ1) is 25.5. The van der Waals surface area contributed by atoms with Crippen molar-refractivity contribution in [3.8, 4) is 22.8 Å². The largest absolute Gasteiger partial charge is 0.457 e. The lowest BCUT2D eigenvalue weighted by molar-refractivity contribution is -0.134. The summed E-state index contributed by atoms with van der Waals surface area (Å²) in [6.07, 6.45) is 3.67. The van der Waals surface area contributed by atoms with Gasteiger partial charge in [-0.05, 0) is 61.2 Å². The lowest BCUT2D eigenvalue weighted by Crippen LogP contribution is -2.49. The van der Waals surface area contributed by atoms with E-state index in [0.717, 1.165) is 35.5 Å². The van der Waals surface area contributed by atoms with Gasteiger partial charge in [0.25, 0.3) is 0 Å². The van der Waals surface area contributed by atoms with Gasteiger partial charge in [-0.1, -0.05) is 48.5 Å². The standard InChI is InChI=1S/C31H31N7O2/c32-26(18-21-8-3-1-4-9-21)31(39)37-17-7-10-23(19-37)38-30-27(29(33)34-20-35-30)28(36-38)22-13-15-25(16-14-22)40-24-11-5-2-6-12-24/h1-6,8-9,11-16,20,23,26H,7,10,17-19,32H2,(H2,33,34,35). The summed E-state index contributed by atoms with van der Waals surface area (Å²) in [5.41, 5.74) is 16.0. The molecule has 9 nitrogen and oxygen atoms in total. The third-order valence-corrected chi connectivity index (χ3v) is 7.29. The molecule has 3 aromatic carbocycles. The smallest absolute Gasteiger partial charge is 0.239 e. The molecule has 0 radical (unpaired) electrons. The second kappa shape index (κ2) is 11.2. The van der Waals surface area contributed by atoms with Gasteiger partial charge >= 0.3 is 0 Å². The number of carbonyl (C=O) groups excluding carboxylic acids is 1. The Morgan fingerprint density at radius 3 is 2.40 bits per heavy atom. The molecule has 2 unspecified atom stereocenters. The van der Waals surface area contributed by atoms with Gasteiger partial charge in [0.1, 0.15) is 29.3 Å². The highest BCUT2D eigenvalue weighted by Crippen LogP contribution is 2.35. The van der Waals surface area contributed by atoms with Gasteiger partial charge in [0.15, 0.2) is 5.65 Å². The summed E-state index contributed by atoms with van der Waals surface area (Å²) in [6.45, 7) is 1.18. The highest BCUT2D eigenvalue weighted by Gasteiger charge is 2.30. The molecule has 2 aromatic heterocycles. The van der Waals surface area contributed by atoms with E-state index >= 15 is 0 Å². The van der Waals surface area contributed by atoms with Crippen LogP contribution in [0.5, 0.6) is 11.5 Å². The third-order valence-electron chi connectivity index (χ3n) is 7.29. The normalized spacial score (nSPS) is 16.1. The van der Waals surface area contributed by atoms with Crippen molar-refractivity contribution in [1.29, 1.82) is 0 Å². The van der Waals surface area contributed by atoms with Gasteiger partial charge in [0.2, 0.25) is 5.91 Å². The summed E-state index contributed by atoms with van der Waals surface area (Å²) in [4.78, 5) is 24.0. The number of para-hydroxylation sites is 1. The first-order valence-electron chi connectivity index (χ1n) is 13.5. The van der Waals surface area contributed by atoms with E-state index in [9.17, 15) is 4.79 Å². The molecule has 1 saturated heterocycles. The lowest BCUT2D eigenvalue weighted by atomic mass is 10.0. The average molecular weight is 534 g/mol. The van der Waals surface area contributed by atoms with Crippen molar-refractivity contribution in [2.45, 2.75) is 31.3 Å². The molecule has 1 fully saturated rings. The number of ether oxygens (including phenoxy) is 1. The Morgan fingerprint density at radius 2 is 1.65 bits per heavy atom. The fourth-order valence-corrected chi connectivity index (χ4v) is 5.30. The van der Waals surface area contributed by atoms with Crippen molar-refractivity contribution in [2.24, 2.45) is 5.73 Å². The van der Waals surface area contributed by atoms with Crippen LogP contribution in [0, 0.1) is 0 Å². The zero-order valence-electron chi connectivity index (χ0n) is 22.1. The molecule has 2 atom stereocenters. The summed E-state index contributed by atoms with van der Waals surface area (Å²) >= 11 is 0. The van der Waals surface area contributed by atoms with Crippen molar-refractivity contribution in [3.63, 3.8) is 0 Å². The Balaban J connectivity index is 1.25. The van der Waals surface area contributed by atoms with Crippen LogP contribution in [0.2, 0.25) is 0 Å². The molecule has 6 rings (SSSR count). The molecule has 40 heavy (non-hydrogen) atoms. The summed E-state index contributed by atoms with van der Waals surface area (Å²) in [5, 5.41) is 5.69. The molecule has 0 saturated carbocycles. The number of aromatic nitrogens is 4. The maximum absolute atomic E-state index is 13.3. The molecule has 4 N–H and O–H groups in total. The Bertz CT molecular complexity index is 1600. The van der Waals surface area contributed by atoms with Crippen molar-refractivity contribution >= 4 is 22.8 Å². The van der Waals surface area contributed by atoms with Crippen molar-refractivity contribution in [2.75, 3.05) is 18.8 Å². The number of likely N-dealkylation sites (tertiary alicyclic amines) is 1. The molecule has 1 aliphatic rings. The Kier molecular flexibility index (Phi) is 7.11. The zero-order valence-corrected chi connectivity index (χ0v) is 22.1. The number of nitrogen functional groups attached to an aromatic ring is 1. The van der Waals surface area contributed by atoms with Gasteiger partial charge in [0, 0.05) is 18.7 Å². The van der Waals surface area contributed by atoms with E-state index in [2.05, 4.69) is 9.97 Å². The van der Waals surface area contributed by atoms with Gasteiger partial charge < -0.3 is 21.1 Å². The van der Waals surface area contributed by atoms with Crippen molar-refractivity contribution < 1.29 is 9.53 Å². The molecule has 0 aliphatic carbocycles. The van der Waals surface area contributed by atoms with Crippen molar-refractivity contribution in [1.82, 2.24) is 24.6 Å². The van der Waals surface area contributed by atoms with Crippen LogP contribution in [0.25, 0.3) is 22.3 Å². The minimum absolute atomic E-state index is 0.0478. The fraction of sp³-hybridized carbons (Fsp3) is 0.226. The lowest BCUT2D eigenvalue weighted by Gasteiger charge is -2.34. The van der Waals surface area contributed by atoms with Gasteiger partial charge in [0.05, 0.1) is 17.5 Å². The summed E-state index contributed by atoms with van der Waals surface area (Å²) in [7, 11) is 0. The number of nitrogens with two attached hydrogens (primary N) is 2. The van der Waals surface area contributed by atoms with E-state index in [1.54, 1.807) is 0 Å². The van der Waals surface area contributed by atoms with Crippen LogP contribution in [0.1, 0.15) is 24.4 Å². The molecule has 1 aliphatic heterocycles. The second-order valence-corrected chi connectivity index (χ2v) is 10.1. The molecule has 0 spiro atoms. The van der Waals surface area contributed by atoms with E-state index in [0.29, 0.717) is 42.1 Å². The van der Waals surface area contributed by atoms with Gasteiger partial charge in [-0.15, -0.1) is 0 Å². The quantitative estimate of drug-likeness (QED) is 0.313. The maximum Gasteiger partial charge on any atom is 0.239 e. The molecular formula is C31H31N7O2. The van der Waals surface area contributed by atoms with Crippen LogP contribution in [-0.4, -0.2) is 49.7 Å². The number of nitrogens with zero attached hydrogens (tertiary/aromatic N) is 5. The van der Waals surface area contributed by atoms with E-state index in [1.165, 1.54) is 6.33 Å². The number of hydrogen-bond acceptors (Lipinski definition) is 7. The van der Waals surface area contributed by atoms with E-state index < -0.39 is 6.04 Å². The Labute approximate surface area is 232 Å². The molecular weight excluding hydrogens is 502 g/mol. The SMILES string of the molecule is Nc1ncnc2c1c(-c1ccc(Oc3ccccc3)cc1)nn2C1CCCN(C(=O)C(N)Cc2ccccc2)C1.